The molecule has 0 aliphatic carbocycles. The molecule has 5 rings (SSSR count). The van der Waals surface area contributed by atoms with Crippen LogP contribution >= 0.6 is 11.6 Å². The Balaban J connectivity index is 1.56. The average Bonchev–Trinajstić information content (AvgIpc) is 2.93. The van der Waals surface area contributed by atoms with Crippen LogP contribution in [0.2, 0.25) is 5.02 Å². The summed E-state index contributed by atoms with van der Waals surface area (Å²) in [5.41, 5.74) is 2.64. The van der Waals surface area contributed by atoms with Crippen molar-refractivity contribution in [2.24, 2.45) is 5.92 Å². The van der Waals surface area contributed by atoms with Gasteiger partial charge in [-0.3, -0.25) is 9.59 Å². The van der Waals surface area contributed by atoms with E-state index in [9.17, 15) is 28.3 Å². The van der Waals surface area contributed by atoms with Gasteiger partial charge >= 0.3 is 5.97 Å². The van der Waals surface area contributed by atoms with Crippen LogP contribution in [-0.4, -0.2) is 34.3 Å². The Labute approximate surface area is 235 Å². The molecule has 2 aliphatic heterocycles. The van der Waals surface area contributed by atoms with Gasteiger partial charge in [0, 0.05) is 29.8 Å². The Morgan fingerprint density at radius 1 is 1.07 bits per heavy atom. The zero-order valence-electron chi connectivity index (χ0n) is 21.7. The molecule has 0 aromatic heterocycles. The minimum atomic E-state index is -1.09. The molecule has 40 heavy (non-hydrogen) atoms. The number of carboxylic acid groups (broad SMARTS) is 1. The topological polar surface area (TPSA) is 86.7 Å². The third-order valence-electron chi connectivity index (χ3n) is 7.61. The van der Waals surface area contributed by atoms with E-state index in [0.29, 0.717) is 36.1 Å². The second-order valence-electron chi connectivity index (χ2n) is 10.2. The zero-order valence-corrected chi connectivity index (χ0v) is 22.5. The fourth-order valence-electron chi connectivity index (χ4n) is 5.43. The van der Waals surface area contributed by atoms with Gasteiger partial charge in [0.2, 0.25) is 11.8 Å². The number of nitrogens with zero attached hydrogens (tertiary/aromatic N) is 1. The van der Waals surface area contributed by atoms with Crippen LogP contribution in [-0.2, 0) is 9.59 Å². The number of benzene rings is 3. The molecule has 3 aromatic rings. The van der Waals surface area contributed by atoms with Gasteiger partial charge in [-0.2, -0.15) is 0 Å². The van der Waals surface area contributed by atoms with Crippen molar-refractivity contribution in [2.75, 3.05) is 11.9 Å². The highest BCUT2D eigenvalue weighted by atomic mass is 35.5. The number of rotatable bonds is 3. The minimum Gasteiger partial charge on any atom is -0.478 e. The number of carboxylic acids is 1. The molecular weight excluding hydrogens is 538 g/mol. The van der Waals surface area contributed by atoms with Crippen LogP contribution in [0.25, 0.3) is 16.7 Å². The van der Waals surface area contributed by atoms with Crippen molar-refractivity contribution < 1.29 is 28.3 Å². The number of hydrogen-bond acceptors (Lipinski definition) is 3. The molecule has 2 heterocycles. The SMILES string of the molecule is C[C@@H]1CCC[C@H](N2CCC(c3c(F)ccc(Cl)c3F)=CC2=O)c2cccc(c2)-c2cc(C(=O)O)ccc2NC1=O. The first-order valence-electron chi connectivity index (χ1n) is 13.1. The first-order chi connectivity index (χ1) is 19.1. The lowest BCUT2D eigenvalue weighted by Gasteiger charge is -2.35. The van der Waals surface area contributed by atoms with Gasteiger partial charge in [-0.25, -0.2) is 13.6 Å². The van der Waals surface area contributed by atoms with Crippen LogP contribution in [0.15, 0.2) is 60.7 Å². The molecule has 2 amide bonds. The number of nitrogens with one attached hydrogen (secondary N) is 1. The molecule has 206 valence electrons. The van der Waals surface area contributed by atoms with E-state index >= 15 is 0 Å². The summed E-state index contributed by atoms with van der Waals surface area (Å²) in [6, 6.07) is 13.9. The summed E-state index contributed by atoms with van der Waals surface area (Å²) >= 11 is 5.88. The Morgan fingerprint density at radius 3 is 2.62 bits per heavy atom. The Hall–Kier alpha value is -4.04. The van der Waals surface area contributed by atoms with Crippen LogP contribution in [0.3, 0.4) is 0 Å². The third kappa shape index (κ3) is 5.36. The van der Waals surface area contributed by atoms with Crippen molar-refractivity contribution in [3.05, 3.63) is 94.0 Å². The van der Waals surface area contributed by atoms with Crippen LogP contribution in [0, 0.1) is 17.6 Å². The first-order valence-corrected chi connectivity index (χ1v) is 13.5. The maximum Gasteiger partial charge on any atom is 0.335 e. The Kier molecular flexibility index (Phi) is 7.72. The lowest BCUT2D eigenvalue weighted by Crippen LogP contribution is -2.37. The highest BCUT2D eigenvalue weighted by Gasteiger charge is 2.30. The van der Waals surface area contributed by atoms with Crippen molar-refractivity contribution in [1.29, 1.82) is 0 Å². The van der Waals surface area contributed by atoms with Crippen molar-refractivity contribution >= 4 is 40.6 Å². The lowest BCUT2D eigenvalue weighted by molar-refractivity contribution is -0.129. The molecule has 0 saturated carbocycles. The monoisotopic (exact) mass is 564 g/mol. The van der Waals surface area contributed by atoms with E-state index in [2.05, 4.69) is 5.32 Å². The molecule has 2 aliphatic rings. The van der Waals surface area contributed by atoms with E-state index in [1.165, 1.54) is 18.2 Å². The molecule has 0 unspecified atom stereocenters. The molecule has 0 fully saturated rings. The highest BCUT2D eigenvalue weighted by Crippen LogP contribution is 2.38. The van der Waals surface area contributed by atoms with E-state index in [1.807, 2.05) is 31.2 Å². The fourth-order valence-corrected chi connectivity index (χ4v) is 5.59. The van der Waals surface area contributed by atoms with E-state index in [0.717, 1.165) is 17.7 Å². The smallest absolute Gasteiger partial charge is 0.335 e. The van der Waals surface area contributed by atoms with Gasteiger partial charge in [-0.15, -0.1) is 0 Å². The van der Waals surface area contributed by atoms with Crippen molar-refractivity contribution in [2.45, 2.75) is 38.6 Å². The zero-order chi connectivity index (χ0) is 28.6. The number of carbonyl (C=O) groups excluding carboxylic acids is 2. The summed E-state index contributed by atoms with van der Waals surface area (Å²) in [6.07, 6.45) is 3.31. The van der Waals surface area contributed by atoms with Gasteiger partial charge in [0.25, 0.3) is 0 Å². The quantitative estimate of drug-likeness (QED) is 0.332. The number of amides is 2. The van der Waals surface area contributed by atoms with Crippen molar-refractivity contribution in [3.63, 3.8) is 0 Å². The molecule has 0 spiro atoms. The minimum absolute atomic E-state index is 0.0828. The normalized spacial score (nSPS) is 19.6. The molecule has 6 nitrogen and oxygen atoms in total. The average molecular weight is 565 g/mol. The molecule has 9 heteroatoms. The molecule has 0 radical (unpaired) electrons. The van der Waals surface area contributed by atoms with Crippen LogP contribution in [0.5, 0.6) is 0 Å². The molecule has 2 bridgehead atoms. The lowest BCUT2D eigenvalue weighted by atomic mass is 9.90. The van der Waals surface area contributed by atoms with Crippen LogP contribution in [0.4, 0.5) is 14.5 Å². The number of anilines is 1. The Bertz CT molecular complexity index is 1550. The second-order valence-corrected chi connectivity index (χ2v) is 10.6. The summed E-state index contributed by atoms with van der Waals surface area (Å²) < 4.78 is 29.2. The van der Waals surface area contributed by atoms with Crippen LogP contribution in [0.1, 0.15) is 60.1 Å². The van der Waals surface area contributed by atoms with Gasteiger partial charge in [0.05, 0.1) is 22.2 Å². The van der Waals surface area contributed by atoms with Gasteiger partial charge in [-0.1, -0.05) is 43.1 Å². The predicted octanol–water partition coefficient (Wildman–Crippen LogP) is 7.10. The second kappa shape index (κ2) is 11.2. The van der Waals surface area contributed by atoms with Crippen LogP contribution < -0.4 is 5.32 Å². The number of hydrogen-bond donors (Lipinski definition) is 2. The molecule has 0 saturated heterocycles. The van der Waals surface area contributed by atoms with E-state index < -0.39 is 17.6 Å². The van der Waals surface area contributed by atoms with Gasteiger partial charge in [-0.05, 0) is 72.4 Å². The van der Waals surface area contributed by atoms with E-state index in [4.69, 9.17) is 11.6 Å². The summed E-state index contributed by atoms with van der Waals surface area (Å²) in [5, 5.41) is 12.3. The summed E-state index contributed by atoms with van der Waals surface area (Å²) in [6.45, 7) is 2.07. The maximum atomic E-state index is 14.7. The molecular formula is C31H27ClF2N2O4. The number of carbonyl (C=O) groups is 3. The van der Waals surface area contributed by atoms with Gasteiger partial charge < -0.3 is 15.3 Å². The largest absolute Gasteiger partial charge is 0.478 e. The summed E-state index contributed by atoms with van der Waals surface area (Å²) in [5.74, 6) is -3.62. The fraction of sp³-hybridized carbons (Fsp3) is 0.258. The van der Waals surface area contributed by atoms with Crippen molar-refractivity contribution in [1.82, 2.24) is 4.90 Å². The summed E-state index contributed by atoms with van der Waals surface area (Å²) in [4.78, 5) is 39.8. The molecule has 2 atom stereocenters. The van der Waals surface area contributed by atoms with Gasteiger partial charge in [0.1, 0.15) is 5.82 Å². The molecule has 2 N–H and O–H groups in total. The highest BCUT2D eigenvalue weighted by molar-refractivity contribution is 6.31. The molecule has 3 aromatic carbocycles. The number of aromatic carboxylic acids is 1. The van der Waals surface area contributed by atoms with E-state index in [1.54, 1.807) is 11.0 Å². The first kappa shape index (κ1) is 27.5. The Morgan fingerprint density at radius 2 is 1.88 bits per heavy atom. The van der Waals surface area contributed by atoms with E-state index in [-0.39, 0.29) is 58.5 Å². The predicted molar refractivity (Wildman–Crippen MR) is 149 cm³/mol. The number of fused-ring (bicyclic) bond motifs is 4. The standard InChI is InChI=1S/C31H27ClF2N2O4/c1-17-4-2-7-26(36-13-12-20(16-27(36)37)28-24(33)10-9-23(32)29(28)34)19-6-3-5-18(14-19)22-15-21(31(39)40)8-11-25(22)35-30(17)38/h3,5-6,8-11,14-17,26H,2,4,7,12-13H2,1H3,(H,35,38)(H,39,40)/t17-,26+/m1/s1. The summed E-state index contributed by atoms with van der Waals surface area (Å²) in [7, 11) is 0. The van der Waals surface area contributed by atoms with Crippen molar-refractivity contribution in [3.8, 4) is 11.1 Å². The third-order valence-corrected chi connectivity index (χ3v) is 7.91. The maximum absolute atomic E-state index is 14.7. The van der Waals surface area contributed by atoms with Gasteiger partial charge in [0.15, 0.2) is 5.82 Å². The number of halogens is 3.